The zero-order valence-corrected chi connectivity index (χ0v) is 18.8. The molecular weight excluding hydrogens is 438 g/mol. The summed E-state index contributed by atoms with van der Waals surface area (Å²) in [4.78, 5) is 54.8. The summed E-state index contributed by atoms with van der Waals surface area (Å²) in [5, 5.41) is 5.92. The molecule has 0 unspecified atom stereocenters. The molecule has 0 bridgehead atoms. The summed E-state index contributed by atoms with van der Waals surface area (Å²) in [5.41, 5.74) is 0.524. The quantitative estimate of drug-likeness (QED) is 0.642. The molecule has 0 saturated carbocycles. The second kappa shape index (κ2) is 11.1. The molecule has 1 aromatic carbocycles. The van der Waals surface area contributed by atoms with Gasteiger partial charge in [0, 0.05) is 50.0 Å². The van der Waals surface area contributed by atoms with E-state index in [-0.39, 0.29) is 36.8 Å². The fraction of sp³-hybridized carbons (Fsp3) is 0.524. The van der Waals surface area contributed by atoms with Gasteiger partial charge >= 0.3 is 6.09 Å². The van der Waals surface area contributed by atoms with E-state index in [1.165, 1.54) is 4.90 Å². The molecule has 2 heterocycles. The maximum Gasteiger partial charge on any atom is 0.409 e. The Kier molecular flexibility index (Phi) is 8.29. The zero-order valence-electron chi connectivity index (χ0n) is 18.0. The van der Waals surface area contributed by atoms with Crippen LogP contribution in [-0.2, 0) is 19.1 Å². The number of rotatable bonds is 6. The van der Waals surface area contributed by atoms with Gasteiger partial charge in [-0.3, -0.25) is 19.3 Å². The maximum absolute atomic E-state index is 13.0. The van der Waals surface area contributed by atoms with Gasteiger partial charge in [-0.15, -0.1) is 0 Å². The third-order valence-corrected chi connectivity index (χ3v) is 5.63. The molecule has 2 aliphatic rings. The van der Waals surface area contributed by atoms with Crippen LogP contribution in [-0.4, -0.2) is 97.0 Å². The number of benzene rings is 1. The molecule has 1 atom stereocenters. The van der Waals surface area contributed by atoms with Crippen molar-refractivity contribution in [2.45, 2.75) is 19.4 Å². The van der Waals surface area contributed by atoms with Gasteiger partial charge in [0.1, 0.15) is 6.04 Å². The Morgan fingerprint density at radius 3 is 2.62 bits per heavy atom. The van der Waals surface area contributed by atoms with E-state index in [0.717, 1.165) is 0 Å². The molecule has 10 nitrogen and oxygen atoms in total. The second-order valence-corrected chi connectivity index (χ2v) is 8.06. The lowest BCUT2D eigenvalue weighted by atomic mass is 10.1. The molecule has 32 heavy (non-hydrogen) atoms. The average Bonchev–Trinajstić information content (AvgIpc) is 2.75. The molecular formula is C21H28ClN5O5. The van der Waals surface area contributed by atoms with Gasteiger partial charge in [0.05, 0.1) is 19.6 Å². The van der Waals surface area contributed by atoms with Crippen LogP contribution in [0.2, 0.25) is 5.02 Å². The van der Waals surface area contributed by atoms with Gasteiger partial charge in [-0.1, -0.05) is 17.7 Å². The summed E-state index contributed by atoms with van der Waals surface area (Å²) in [6, 6.07) is 5.83. The number of hydrogen-bond donors (Lipinski definition) is 2. The molecule has 0 aliphatic carbocycles. The van der Waals surface area contributed by atoms with Crippen LogP contribution < -0.4 is 10.6 Å². The SMILES string of the molecule is CCOC(=O)N1CCN(CC(=O)N2CCNC(=O)[C@@H]2CC(=O)Nc2cccc(Cl)c2)CC1. The first kappa shape index (κ1) is 23.8. The molecule has 0 aromatic heterocycles. The first-order chi connectivity index (χ1) is 15.4. The van der Waals surface area contributed by atoms with Gasteiger partial charge in [-0.25, -0.2) is 4.79 Å². The Bertz CT molecular complexity index is 859. The van der Waals surface area contributed by atoms with Crippen LogP contribution in [0.15, 0.2) is 24.3 Å². The average molecular weight is 466 g/mol. The summed E-state index contributed by atoms with van der Waals surface area (Å²) < 4.78 is 5.01. The van der Waals surface area contributed by atoms with Crippen molar-refractivity contribution >= 4 is 41.1 Å². The lowest BCUT2D eigenvalue weighted by molar-refractivity contribution is -0.145. The van der Waals surface area contributed by atoms with E-state index in [9.17, 15) is 19.2 Å². The lowest BCUT2D eigenvalue weighted by Gasteiger charge is -2.38. The Morgan fingerprint density at radius 1 is 1.19 bits per heavy atom. The normalized spacial score (nSPS) is 19.3. The fourth-order valence-corrected chi connectivity index (χ4v) is 3.95. The monoisotopic (exact) mass is 465 g/mol. The van der Waals surface area contributed by atoms with Crippen molar-refractivity contribution in [2.24, 2.45) is 0 Å². The number of amides is 4. The molecule has 0 radical (unpaired) electrons. The molecule has 2 N–H and O–H groups in total. The number of anilines is 1. The van der Waals surface area contributed by atoms with E-state index >= 15 is 0 Å². The Morgan fingerprint density at radius 2 is 1.94 bits per heavy atom. The molecule has 2 aliphatic heterocycles. The number of nitrogens with one attached hydrogen (secondary N) is 2. The van der Waals surface area contributed by atoms with Crippen molar-refractivity contribution in [3.63, 3.8) is 0 Å². The smallest absolute Gasteiger partial charge is 0.409 e. The third kappa shape index (κ3) is 6.33. The van der Waals surface area contributed by atoms with Crippen molar-refractivity contribution in [1.29, 1.82) is 0 Å². The van der Waals surface area contributed by atoms with E-state index in [1.807, 2.05) is 4.90 Å². The topological polar surface area (TPSA) is 111 Å². The minimum atomic E-state index is -0.878. The Labute approximate surface area is 191 Å². The van der Waals surface area contributed by atoms with Gasteiger partial charge < -0.3 is 25.2 Å². The highest BCUT2D eigenvalue weighted by atomic mass is 35.5. The number of ether oxygens (including phenoxy) is 1. The molecule has 11 heteroatoms. The van der Waals surface area contributed by atoms with Crippen LogP contribution in [0, 0.1) is 0 Å². The van der Waals surface area contributed by atoms with Crippen molar-refractivity contribution < 1.29 is 23.9 Å². The molecule has 4 amide bonds. The van der Waals surface area contributed by atoms with Gasteiger partial charge in [-0.2, -0.15) is 0 Å². The van der Waals surface area contributed by atoms with Gasteiger partial charge in [0.15, 0.2) is 0 Å². The molecule has 2 fully saturated rings. The summed E-state index contributed by atoms with van der Waals surface area (Å²) in [7, 11) is 0. The van der Waals surface area contributed by atoms with Crippen LogP contribution >= 0.6 is 11.6 Å². The molecule has 174 valence electrons. The summed E-state index contributed by atoms with van der Waals surface area (Å²) >= 11 is 5.94. The Hall–Kier alpha value is -2.85. The standard InChI is InChI=1S/C21H28ClN5O5/c1-2-32-21(31)26-10-8-25(9-11-26)14-19(29)27-7-6-23-20(30)17(27)13-18(28)24-16-5-3-4-15(22)12-16/h3-5,12,17H,2,6-11,13-14H2,1H3,(H,23,30)(H,24,28)/t17-/m0/s1. The largest absolute Gasteiger partial charge is 0.450 e. The zero-order chi connectivity index (χ0) is 23.1. The van der Waals surface area contributed by atoms with Crippen LogP contribution in [0.3, 0.4) is 0 Å². The minimum Gasteiger partial charge on any atom is -0.450 e. The van der Waals surface area contributed by atoms with Crippen LogP contribution in [0.25, 0.3) is 0 Å². The van der Waals surface area contributed by atoms with Crippen molar-refractivity contribution in [3.8, 4) is 0 Å². The van der Waals surface area contributed by atoms with E-state index in [1.54, 1.807) is 36.1 Å². The number of nitrogens with zero attached hydrogens (tertiary/aromatic N) is 3. The molecule has 0 spiro atoms. The number of piperazine rings is 2. The van der Waals surface area contributed by atoms with Gasteiger partial charge in [-0.05, 0) is 25.1 Å². The second-order valence-electron chi connectivity index (χ2n) is 7.62. The van der Waals surface area contributed by atoms with E-state index < -0.39 is 6.04 Å². The van der Waals surface area contributed by atoms with E-state index in [0.29, 0.717) is 56.6 Å². The third-order valence-electron chi connectivity index (χ3n) is 5.40. The molecule has 3 rings (SSSR count). The molecule has 2 saturated heterocycles. The number of halogens is 1. The first-order valence-corrected chi connectivity index (χ1v) is 11.0. The van der Waals surface area contributed by atoms with E-state index in [4.69, 9.17) is 16.3 Å². The van der Waals surface area contributed by atoms with Crippen LogP contribution in [0.4, 0.5) is 10.5 Å². The van der Waals surface area contributed by atoms with E-state index in [2.05, 4.69) is 10.6 Å². The summed E-state index contributed by atoms with van der Waals surface area (Å²) in [5.74, 6) is -0.946. The summed E-state index contributed by atoms with van der Waals surface area (Å²) in [6.07, 6.45) is -0.502. The fourth-order valence-electron chi connectivity index (χ4n) is 3.76. The number of carbonyl (C=O) groups is 4. The highest BCUT2D eigenvalue weighted by Crippen LogP contribution is 2.17. The Balaban J connectivity index is 1.55. The highest BCUT2D eigenvalue weighted by Gasteiger charge is 2.35. The predicted octanol–water partition coefficient (Wildman–Crippen LogP) is 0.770. The van der Waals surface area contributed by atoms with Crippen LogP contribution in [0.1, 0.15) is 13.3 Å². The summed E-state index contributed by atoms with van der Waals surface area (Å²) in [6.45, 7) is 4.88. The van der Waals surface area contributed by atoms with Crippen molar-refractivity contribution in [3.05, 3.63) is 29.3 Å². The van der Waals surface area contributed by atoms with Crippen molar-refractivity contribution in [1.82, 2.24) is 20.0 Å². The molecule has 1 aromatic rings. The predicted molar refractivity (Wildman–Crippen MR) is 118 cm³/mol. The number of carbonyl (C=O) groups excluding carboxylic acids is 4. The van der Waals surface area contributed by atoms with Gasteiger partial charge in [0.2, 0.25) is 17.7 Å². The van der Waals surface area contributed by atoms with Crippen LogP contribution in [0.5, 0.6) is 0 Å². The number of hydrogen-bond acceptors (Lipinski definition) is 6. The lowest BCUT2D eigenvalue weighted by Crippen LogP contribution is -2.60. The highest BCUT2D eigenvalue weighted by molar-refractivity contribution is 6.30. The first-order valence-electron chi connectivity index (χ1n) is 10.6. The maximum atomic E-state index is 13.0. The van der Waals surface area contributed by atoms with Crippen molar-refractivity contribution in [2.75, 3.05) is 57.7 Å². The minimum absolute atomic E-state index is 0.121. The van der Waals surface area contributed by atoms with Gasteiger partial charge in [0.25, 0.3) is 0 Å².